The fourth-order valence-electron chi connectivity index (χ4n) is 1.99. The van der Waals surface area contributed by atoms with Crippen molar-refractivity contribution in [1.29, 1.82) is 0 Å². The van der Waals surface area contributed by atoms with Crippen LogP contribution in [0.3, 0.4) is 0 Å². The minimum Gasteiger partial charge on any atom is -0.326 e. The quantitative estimate of drug-likeness (QED) is 0.744. The molecule has 4 heteroatoms. The van der Waals surface area contributed by atoms with E-state index in [2.05, 4.69) is 23.1 Å². The molecule has 0 bridgehead atoms. The van der Waals surface area contributed by atoms with Crippen molar-refractivity contribution in [3.63, 3.8) is 0 Å². The third-order valence-electron chi connectivity index (χ3n) is 3.02. The fourth-order valence-corrected chi connectivity index (χ4v) is 1.99. The lowest BCUT2D eigenvalue weighted by Crippen LogP contribution is -1.97. The van der Waals surface area contributed by atoms with Gasteiger partial charge in [-0.15, -0.1) is 5.10 Å². The van der Waals surface area contributed by atoms with Crippen LogP contribution in [-0.4, -0.2) is 14.6 Å². The SMILES string of the molecule is Cc1ccccc1-c1nc2cc(CN)ccn2n1. The Morgan fingerprint density at radius 3 is 2.83 bits per heavy atom. The summed E-state index contributed by atoms with van der Waals surface area (Å²) in [6, 6.07) is 12.0. The number of rotatable bonds is 2. The third-order valence-corrected chi connectivity index (χ3v) is 3.02. The molecule has 2 aromatic heterocycles. The van der Waals surface area contributed by atoms with Crippen LogP contribution in [0.5, 0.6) is 0 Å². The van der Waals surface area contributed by atoms with Crippen molar-refractivity contribution >= 4 is 5.65 Å². The Kier molecular flexibility index (Phi) is 2.57. The smallest absolute Gasteiger partial charge is 0.182 e. The van der Waals surface area contributed by atoms with E-state index in [1.807, 2.05) is 36.5 Å². The van der Waals surface area contributed by atoms with Crippen LogP contribution < -0.4 is 5.73 Å². The molecule has 0 atom stereocenters. The summed E-state index contributed by atoms with van der Waals surface area (Å²) in [5.74, 6) is 0.752. The monoisotopic (exact) mass is 238 g/mol. The zero-order chi connectivity index (χ0) is 12.5. The van der Waals surface area contributed by atoms with E-state index in [0.29, 0.717) is 6.54 Å². The van der Waals surface area contributed by atoms with Crippen LogP contribution in [0.25, 0.3) is 17.0 Å². The van der Waals surface area contributed by atoms with E-state index in [4.69, 9.17) is 5.73 Å². The molecule has 1 aromatic carbocycles. The number of pyridine rings is 1. The Bertz CT molecular complexity index is 700. The molecule has 3 rings (SSSR count). The van der Waals surface area contributed by atoms with Crippen LogP contribution in [0.15, 0.2) is 42.6 Å². The minimum absolute atomic E-state index is 0.517. The highest BCUT2D eigenvalue weighted by Gasteiger charge is 2.08. The van der Waals surface area contributed by atoms with E-state index in [0.717, 1.165) is 22.6 Å². The maximum Gasteiger partial charge on any atom is 0.182 e. The maximum absolute atomic E-state index is 5.63. The molecule has 0 aliphatic heterocycles. The van der Waals surface area contributed by atoms with Crippen molar-refractivity contribution in [2.45, 2.75) is 13.5 Å². The van der Waals surface area contributed by atoms with E-state index in [9.17, 15) is 0 Å². The third kappa shape index (κ3) is 1.76. The van der Waals surface area contributed by atoms with Crippen LogP contribution in [0.1, 0.15) is 11.1 Å². The Balaban J connectivity index is 2.17. The van der Waals surface area contributed by atoms with Crippen molar-refractivity contribution in [2.24, 2.45) is 5.73 Å². The summed E-state index contributed by atoms with van der Waals surface area (Å²) < 4.78 is 1.78. The number of aromatic nitrogens is 3. The molecule has 2 heterocycles. The molecule has 18 heavy (non-hydrogen) atoms. The van der Waals surface area contributed by atoms with Crippen LogP contribution in [0.4, 0.5) is 0 Å². The molecule has 4 nitrogen and oxygen atoms in total. The van der Waals surface area contributed by atoms with Crippen molar-refractivity contribution in [3.8, 4) is 11.4 Å². The summed E-state index contributed by atoms with van der Waals surface area (Å²) in [7, 11) is 0. The van der Waals surface area contributed by atoms with Gasteiger partial charge in [0, 0.05) is 18.3 Å². The molecule has 90 valence electrons. The van der Waals surface area contributed by atoms with E-state index in [-0.39, 0.29) is 0 Å². The normalized spacial score (nSPS) is 11.0. The van der Waals surface area contributed by atoms with Crippen LogP contribution in [0, 0.1) is 6.92 Å². The molecule has 0 fully saturated rings. The van der Waals surface area contributed by atoms with E-state index < -0.39 is 0 Å². The number of hydrogen-bond acceptors (Lipinski definition) is 3. The summed E-state index contributed by atoms with van der Waals surface area (Å²) in [6.07, 6.45) is 1.90. The minimum atomic E-state index is 0.517. The van der Waals surface area contributed by atoms with E-state index in [1.165, 1.54) is 5.56 Å². The lowest BCUT2D eigenvalue weighted by Gasteiger charge is -1.98. The van der Waals surface area contributed by atoms with Gasteiger partial charge >= 0.3 is 0 Å². The Morgan fingerprint density at radius 2 is 2.06 bits per heavy atom. The number of fused-ring (bicyclic) bond motifs is 1. The number of hydrogen-bond donors (Lipinski definition) is 1. The first-order valence-electron chi connectivity index (χ1n) is 5.89. The van der Waals surface area contributed by atoms with Crippen molar-refractivity contribution in [1.82, 2.24) is 14.6 Å². The maximum atomic E-state index is 5.63. The zero-order valence-electron chi connectivity index (χ0n) is 10.2. The molecule has 2 N–H and O–H groups in total. The average molecular weight is 238 g/mol. The standard InChI is InChI=1S/C14H14N4/c1-10-4-2-3-5-12(10)14-16-13-8-11(9-15)6-7-18(13)17-14/h2-8H,9,15H2,1H3. The van der Waals surface area contributed by atoms with E-state index >= 15 is 0 Å². The van der Waals surface area contributed by atoms with Crippen molar-refractivity contribution in [3.05, 3.63) is 53.7 Å². The summed E-state index contributed by atoms with van der Waals surface area (Å²) >= 11 is 0. The van der Waals surface area contributed by atoms with Crippen LogP contribution in [0.2, 0.25) is 0 Å². The van der Waals surface area contributed by atoms with Gasteiger partial charge in [-0.05, 0) is 30.2 Å². The van der Waals surface area contributed by atoms with Gasteiger partial charge in [-0.2, -0.15) is 0 Å². The molecule has 0 saturated carbocycles. The molecule has 0 aliphatic rings. The molecular weight excluding hydrogens is 224 g/mol. The van der Waals surface area contributed by atoms with Gasteiger partial charge in [-0.1, -0.05) is 24.3 Å². The highest BCUT2D eigenvalue weighted by atomic mass is 15.3. The summed E-state index contributed by atoms with van der Waals surface area (Å²) in [4.78, 5) is 4.55. The summed E-state index contributed by atoms with van der Waals surface area (Å²) in [5.41, 5.74) is 9.76. The molecule has 0 saturated heterocycles. The average Bonchev–Trinajstić information content (AvgIpc) is 2.81. The first kappa shape index (κ1) is 10.9. The van der Waals surface area contributed by atoms with Gasteiger partial charge < -0.3 is 5.73 Å². The van der Waals surface area contributed by atoms with Gasteiger partial charge in [0.15, 0.2) is 11.5 Å². The van der Waals surface area contributed by atoms with Gasteiger partial charge in [0.05, 0.1) is 0 Å². The molecular formula is C14H14N4. The largest absolute Gasteiger partial charge is 0.326 e. The second kappa shape index (κ2) is 4.23. The van der Waals surface area contributed by atoms with Gasteiger partial charge in [0.1, 0.15) is 0 Å². The number of nitrogens with two attached hydrogens (primary N) is 1. The Morgan fingerprint density at radius 1 is 1.22 bits per heavy atom. The van der Waals surface area contributed by atoms with Crippen LogP contribution >= 0.6 is 0 Å². The van der Waals surface area contributed by atoms with E-state index in [1.54, 1.807) is 4.52 Å². The Hall–Kier alpha value is -2.20. The number of aryl methyl sites for hydroxylation is 1. The number of benzene rings is 1. The summed E-state index contributed by atoms with van der Waals surface area (Å²) in [6.45, 7) is 2.58. The second-order valence-electron chi connectivity index (χ2n) is 4.29. The van der Waals surface area contributed by atoms with Gasteiger partial charge in [0.2, 0.25) is 0 Å². The van der Waals surface area contributed by atoms with Gasteiger partial charge in [0.25, 0.3) is 0 Å². The molecule has 0 spiro atoms. The molecule has 0 amide bonds. The highest BCUT2D eigenvalue weighted by Crippen LogP contribution is 2.20. The molecule has 3 aromatic rings. The fraction of sp³-hybridized carbons (Fsp3) is 0.143. The van der Waals surface area contributed by atoms with Gasteiger partial charge in [-0.3, -0.25) is 0 Å². The summed E-state index contributed by atoms with van der Waals surface area (Å²) in [5, 5.41) is 4.48. The Labute approximate surface area is 105 Å². The highest BCUT2D eigenvalue weighted by molar-refractivity contribution is 5.62. The number of nitrogens with zero attached hydrogens (tertiary/aromatic N) is 3. The molecule has 0 unspecified atom stereocenters. The lowest BCUT2D eigenvalue weighted by molar-refractivity contribution is 0.950. The molecule has 0 aliphatic carbocycles. The first-order chi connectivity index (χ1) is 8.78. The second-order valence-corrected chi connectivity index (χ2v) is 4.29. The van der Waals surface area contributed by atoms with Gasteiger partial charge in [-0.25, -0.2) is 9.50 Å². The van der Waals surface area contributed by atoms with Crippen molar-refractivity contribution in [2.75, 3.05) is 0 Å². The zero-order valence-corrected chi connectivity index (χ0v) is 10.2. The predicted octanol–water partition coefficient (Wildman–Crippen LogP) is 2.16. The van der Waals surface area contributed by atoms with Crippen molar-refractivity contribution < 1.29 is 0 Å². The predicted molar refractivity (Wildman–Crippen MR) is 71.1 cm³/mol. The molecule has 0 radical (unpaired) electrons. The topological polar surface area (TPSA) is 56.2 Å². The first-order valence-corrected chi connectivity index (χ1v) is 5.89. The van der Waals surface area contributed by atoms with Crippen LogP contribution in [-0.2, 0) is 6.54 Å². The lowest BCUT2D eigenvalue weighted by atomic mass is 10.1.